The Morgan fingerprint density at radius 3 is 2.22 bits per heavy atom. The maximum atomic E-state index is 12.7. The molecule has 0 spiro atoms. The molecule has 8 heteroatoms. The number of carbonyl (C=O) groups excluding carboxylic acids is 1. The average Bonchev–Trinajstić information content (AvgIpc) is 2.58. The van der Waals surface area contributed by atoms with E-state index in [0.29, 0.717) is 29.4 Å². The fraction of sp³-hybridized carbons (Fsp3) is 0.316. The number of anilines is 1. The number of carbonyl (C=O) groups is 1. The maximum absolute atomic E-state index is 12.7. The first kappa shape index (κ1) is 21.5. The molecule has 27 heavy (non-hydrogen) atoms. The first-order valence-electron chi connectivity index (χ1n) is 8.49. The second-order valence-corrected chi connectivity index (χ2v) is 8.87. The largest absolute Gasteiger partial charge is 0.354 e. The Hall–Kier alpha value is -1.76. The van der Waals surface area contributed by atoms with Crippen molar-refractivity contribution in [2.45, 2.75) is 25.8 Å². The summed E-state index contributed by atoms with van der Waals surface area (Å²) in [7, 11) is -3.73. The molecule has 0 aliphatic heterocycles. The predicted octanol–water partition coefficient (Wildman–Crippen LogP) is 3.90. The van der Waals surface area contributed by atoms with Gasteiger partial charge in [-0.25, -0.2) is 8.42 Å². The van der Waals surface area contributed by atoms with E-state index in [1.54, 1.807) is 6.92 Å². The lowest BCUT2D eigenvalue weighted by Gasteiger charge is -2.30. The van der Waals surface area contributed by atoms with E-state index in [4.69, 9.17) is 23.2 Å². The summed E-state index contributed by atoms with van der Waals surface area (Å²) < 4.78 is 25.9. The lowest BCUT2D eigenvalue weighted by molar-refractivity contribution is -0.122. The van der Waals surface area contributed by atoms with Gasteiger partial charge in [0.25, 0.3) is 0 Å². The van der Waals surface area contributed by atoms with Crippen LogP contribution in [0.2, 0.25) is 10.0 Å². The van der Waals surface area contributed by atoms with Crippen molar-refractivity contribution < 1.29 is 13.2 Å². The molecule has 0 radical (unpaired) electrons. The molecular formula is C19H22Cl2N2O3S. The molecule has 146 valence electrons. The van der Waals surface area contributed by atoms with Gasteiger partial charge in [-0.2, -0.15) is 0 Å². The molecule has 2 aromatic rings. The van der Waals surface area contributed by atoms with E-state index < -0.39 is 16.1 Å². The lowest BCUT2D eigenvalue weighted by atomic mass is 10.1. The third-order valence-corrected chi connectivity index (χ3v) is 5.60. The van der Waals surface area contributed by atoms with E-state index in [0.717, 1.165) is 16.1 Å². The minimum Gasteiger partial charge on any atom is -0.354 e. The first-order valence-corrected chi connectivity index (χ1v) is 11.1. The SMILES string of the molecule is CCC(C(=O)NCCc1ccccc1)N(c1cc(Cl)cc(Cl)c1)S(C)(=O)=O. The van der Waals surface area contributed by atoms with Gasteiger partial charge >= 0.3 is 0 Å². The maximum Gasteiger partial charge on any atom is 0.243 e. The molecule has 1 N–H and O–H groups in total. The van der Waals surface area contributed by atoms with Crippen molar-refractivity contribution in [3.63, 3.8) is 0 Å². The minimum atomic E-state index is -3.73. The molecule has 1 unspecified atom stereocenters. The summed E-state index contributed by atoms with van der Waals surface area (Å²) in [5.74, 6) is -0.366. The number of amides is 1. The highest BCUT2D eigenvalue weighted by molar-refractivity contribution is 7.92. The molecule has 5 nitrogen and oxygen atoms in total. The smallest absolute Gasteiger partial charge is 0.243 e. The topological polar surface area (TPSA) is 66.5 Å². The van der Waals surface area contributed by atoms with E-state index in [9.17, 15) is 13.2 Å². The van der Waals surface area contributed by atoms with Crippen LogP contribution in [0.4, 0.5) is 5.69 Å². The van der Waals surface area contributed by atoms with Crippen LogP contribution in [0, 0.1) is 0 Å². The van der Waals surface area contributed by atoms with E-state index in [-0.39, 0.29) is 11.6 Å². The minimum absolute atomic E-state index is 0.264. The normalized spacial score (nSPS) is 12.4. The van der Waals surface area contributed by atoms with Crippen molar-refractivity contribution in [3.8, 4) is 0 Å². The number of hydrogen-bond donors (Lipinski definition) is 1. The third kappa shape index (κ3) is 6.13. The van der Waals surface area contributed by atoms with Crippen LogP contribution in [0.5, 0.6) is 0 Å². The Labute approximate surface area is 170 Å². The van der Waals surface area contributed by atoms with Crippen LogP contribution in [0.15, 0.2) is 48.5 Å². The molecule has 0 aliphatic carbocycles. The van der Waals surface area contributed by atoms with E-state index >= 15 is 0 Å². The van der Waals surface area contributed by atoms with Gasteiger partial charge in [0.05, 0.1) is 11.9 Å². The number of halogens is 2. The monoisotopic (exact) mass is 428 g/mol. The fourth-order valence-electron chi connectivity index (χ4n) is 2.82. The van der Waals surface area contributed by atoms with Gasteiger partial charge < -0.3 is 5.32 Å². The van der Waals surface area contributed by atoms with Crippen molar-refractivity contribution in [3.05, 3.63) is 64.1 Å². The Morgan fingerprint density at radius 1 is 1.11 bits per heavy atom. The van der Waals surface area contributed by atoms with Crippen LogP contribution in [-0.4, -0.2) is 33.2 Å². The van der Waals surface area contributed by atoms with Gasteiger partial charge in [0.2, 0.25) is 15.9 Å². The highest BCUT2D eigenvalue weighted by atomic mass is 35.5. The highest BCUT2D eigenvalue weighted by Gasteiger charge is 2.31. The van der Waals surface area contributed by atoms with Gasteiger partial charge in [0.1, 0.15) is 6.04 Å². The number of rotatable bonds is 8. The zero-order valence-corrected chi connectivity index (χ0v) is 17.5. The Morgan fingerprint density at radius 2 is 1.70 bits per heavy atom. The molecular weight excluding hydrogens is 407 g/mol. The molecule has 0 heterocycles. The molecule has 2 aromatic carbocycles. The van der Waals surface area contributed by atoms with Crippen LogP contribution < -0.4 is 9.62 Å². The summed E-state index contributed by atoms with van der Waals surface area (Å²) in [4.78, 5) is 12.7. The molecule has 0 saturated carbocycles. The Balaban J connectivity index is 2.20. The number of benzene rings is 2. The zero-order chi connectivity index (χ0) is 20.0. The van der Waals surface area contributed by atoms with Gasteiger partial charge in [-0.05, 0) is 36.6 Å². The Kier molecular flexibility index (Phi) is 7.53. The first-order chi connectivity index (χ1) is 12.7. The molecule has 0 aromatic heterocycles. The average molecular weight is 429 g/mol. The third-order valence-electron chi connectivity index (χ3n) is 3.99. The van der Waals surface area contributed by atoms with E-state index in [1.165, 1.54) is 18.2 Å². The van der Waals surface area contributed by atoms with Gasteiger partial charge in [-0.15, -0.1) is 0 Å². The van der Waals surface area contributed by atoms with Crippen LogP contribution in [0.25, 0.3) is 0 Å². The quantitative estimate of drug-likeness (QED) is 0.692. The van der Waals surface area contributed by atoms with E-state index in [2.05, 4.69) is 5.32 Å². The lowest BCUT2D eigenvalue weighted by Crippen LogP contribution is -2.49. The predicted molar refractivity (Wildman–Crippen MR) is 111 cm³/mol. The zero-order valence-electron chi connectivity index (χ0n) is 15.2. The van der Waals surface area contributed by atoms with Gasteiger partial charge in [0, 0.05) is 16.6 Å². The van der Waals surface area contributed by atoms with Gasteiger partial charge in [-0.3, -0.25) is 9.10 Å². The summed E-state index contributed by atoms with van der Waals surface area (Å²) in [6, 6.07) is 13.3. The second-order valence-electron chi connectivity index (χ2n) is 6.14. The van der Waals surface area contributed by atoms with E-state index in [1.807, 2.05) is 30.3 Å². The molecule has 0 aliphatic rings. The molecule has 0 saturated heterocycles. The Bertz CT molecular complexity index is 869. The second kappa shape index (κ2) is 9.44. The van der Waals surface area contributed by atoms with Crippen molar-refractivity contribution >= 4 is 44.8 Å². The summed E-state index contributed by atoms with van der Waals surface area (Å²) in [6.07, 6.45) is 2.01. The van der Waals surface area contributed by atoms with Crippen LogP contribution in [0.1, 0.15) is 18.9 Å². The molecule has 2 rings (SSSR count). The fourth-order valence-corrected chi connectivity index (χ4v) is 4.53. The van der Waals surface area contributed by atoms with Gasteiger partial charge in [0.15, 0.2) is 0 Å². The van der Waals surface area contributed by atoms with Crippen molar-refractivity contribution in [2.24, 2.45) is 0 Å². The molecule has 0 fully saturated rings. The van der Waals surface area contributed by atoms with Crippen molar-refractivity contribution in [1.82, 2.24) is 5.32 Å². The summed E-state index contributed by atoms with van der Waals surface area (Å²) in [5, 5.41) is 3.42. The van der Waals surface area contributed by atoms with Gasteiger partial charge in [-0.1, -0.05) is 60.5 Å². The summed E-state index contributed by atoms with van der Waals surface area (Å²) >= 11 is 12.0. The summed E-state index contributed by atoms with van der Waals surface area (Å²) in [5.41, 5.74) is 1.35. The van der Waals surface area contributed by atoms with Crippen molar-refractivity contribution in [2.75, 3.05) is 17.1 Å². The van der Waals surface area contributed by atoms with Crippen molar-refractivity contribution in [1.29, 1.82) is 0 Å². The van der Waals surface area contributed by atoms with Crippen LogP contribution >= 0.6 is 23.2 Å². The van der Waals surface area contributed by atoms with Crippen LogP contribution in [-0.2, 0) is 21.2 Å². The molecule has 1 atom stereocenters. The highest BCUT2D eigenvalue weighted by Crippen LogP contribution is 2.29. The number of sulfonamides is 1. The standard InChI is InChI=1S/C19H22Cl2N2O3S/c1-3-18(19(24)22-10-9-14-7-5-4-6-8-14)23(27(2,25)26)17-12-15(20)11-16(21)13-17/h4-8,11-13,18H,3,9-10H2,1-2H3,(H,22,24). The molecule has 1 amide bonds. The molecule has 0 bridgehead atoms. The number of nitrogens with one attached hydrogen (secondary N) is 1. The number of nitrogens with zero attached hydrogens (tertiary/aromatic N) is 1. The van der Waals surface area contributed by atoms with Crippen LogP contribution in [0.3, 0.4) is 0 Å². The number of hydrogen-bond acceptors (Lipinski definition) is 3. The summed E-state index contributed by atoms with van der Waals surface area (Å²) in [6.45, 7) is 2.17.